The maximum atomic E-state index is 12.5. The third-order valence-corrected chi connectivity index (χ3v) is 4.99. The molecule has 0 aliphatic carbocycles. The first kappa shape index (κ1) is 18.8. The standard InChI is InChI=1S/C20H24N4O3/c1-14-4-5-16(13-19(14)24(26)27)20(25)21-18-7-6-17(12-15(18)2)23-10-8-22(3)9-11-23/h4-7,12-13H,8-11H2,1-3H3,(H,21,25). The molecular weight excluding hydrogens is 344 g/mol. The van der Waals surface area contributed by atoms with Gasteiger partial charge in [0.25, 0.3) is 11.6 Å². The van der Waals surface area contributed by atoms with E-state index < -0.39 is 4.92 Å². The summed E-state index contributed by atoms with van der Waals surface area (Å²) in [5, 5.41) is 13.9. The van der Waals surface area contributed by atoms with E-state index in [1.54, 1.807) is 19.1 Å². The van der Waals surface area contributed by atoms with Crippen molar-refractivity contribution in [3.63, 3.8) is 0 Å². The van der Waals surface area contributed by atoms with Crippen LogP contribution in [0.3, 0.4) is 0 Å². The van der Waals surface area contributed by atoms with E-state index >= 15 is 0 Å². The van der Waals surface area contributed by atoms with Gasteiger partial charge in [0.05, 0.1) is 4.92 Å². The molecule has 7 heteroatoms. The number of carbonyl (C=O) groups is 1. The molecule has 1 N–H and O–H groups in total. The fourth-order valence-corrected chi connectivity index (χ4v) is 3.19. The Hall–Kier alpha value is -2.93. The molecule has 27 heavy (non-hydrogen) atoms. The minimum Gasteiger partial charge on any atom is -0.369 e. The van der Waals surface area contributed by atoms with E-state index in [0.717, 1.165) is 37.4 Å². The second kappa shape index (κ2) is 7.75. The zero-order valence-corrected chi connectivity index (χ0v) is 15.9. The van der Waals surface area contributed by atoms with Gasteiger partial charge in [0.15, 0.2) is 0 Å². The first-order valence-electron chi connectivity index (χ1n) is 8.95. The molecule has 0 spiro atoms. The highest BCUT2D eigenvalue weighted by Gasteiger charge is 2.17. The van der Waals surface area contributed by atoms with E-state index in [2.05, 4.69) is 28.2 Å². The van der Waals surface area contributed by atoms with Crippen LogP contribution in [0.1, 0.15) is 21.5 Å². The van der Waals surface area contributed by atoms with Crippen LogP contribution < -0.4 is 10.2 Å². The Morgan fingerprint density at radius 1 is 1.04 bits per heavy atom. The molecule has 1 heterocycles. The molecule has 0 bridgehead atoms. The van der Waals surface area contributed by atoms with E-state index in [4.69, 9.17) is 0 Å². The molecule has 142 valence electrons. The fourth-order valence-electron chi connectivity index (χ4n) is 3.19. The number of hydrogen-bond donors (Lipinski definition) is 1. The van der Waals surface area contributed by atoms with Gasteiger partial charge in [-0.1, -0.05) is 6.07 Å². The van der Waals surface area contributed by atoms with E-state index in [9.17, 15) is 14.9 Å². The highest BCUT2D eigenvalue weighted by molar-refractivity contribution is 6.05. The average molecular weight is 368 g/mol. The van der Waals surface area contributed by atoms with Crippen LogP contribution in [0.4, 0.5) is 17.1 Å². The van der Waals surface area contributed by atoms with Crippen LogP contribution in [-0.2, 0) is 0 Å². The number of hydrogen-bond acceptors (Lipinski definition) is 5. The monoisotopic (exact) mass is 368 g/mol. The van der Waals surface area contributed by atoms with Gasteiger partial charge >= 0.3 is 0 Å². The third kappa shape index (κ3) is 4.25. The lowest BCUT2D eigenvalue weighted by atomic mass is 10.1. The van der Waals surface area contributed by atoms with Crippen LogP contribution in [0.2, 0.25) is 0 Å². The molecule has 0 unspecified atom stereocenters. The number of rotatable bonds is 4. The second-order valence-electron chi connectivity index (χ2n) is 7.00. The Morgan fingerprint density at radius 2 is 1.74 bits per heavy atom. The van der Waals surface area contributed by atoms with Gasteiger partial charge in [0.2, 0.25) is 0 Å². The van der Waals surface area contributed by atoms with E-state index in [1.165, 1.54) is 6.07 Å². The number of piperazine rings is 1. The van der Waals surface area contributed by atoms with Crippen LogP contribution in [0, 0.1) is 24.0 Å². The maximum absolute atomic E-state index is 12.5. The molecule has 0 aromatic heterocycles. The Morgan fingerprint density at radius 3 is 2.37 bits per heavy atom. The lowest BCUT2D eigenvalue weighted by molar-refractivity contribution is -0.385. The van der Waals surface area contributed by atoms with Crippen molar-refractivity contribution in [3.8, 4) is 0 Å². The number of nitrogens with zero attached hydrogens (tertiary/aromatic N) is 3. The number of aryl methyl sites for hydroxylation is 2. The van der Waals surface area contributed by atoms with Gasteiger partial charge < -0.3 is 15.1 Å². The minimum absolute atomic E-state index is 0.0511. The molecule has 2 aromatic rings. The number of nitro benzene ring substituents is 1. The highest BCUT2D eigenvalue weighted by atomic mass is 16.6. The first-order chi connectivity index (χ1) is 12.8. The zero-order valence-electron chi connectivity index (χ0n) is 15.9. The third-order valence-electron chi connectivity index (χ3n) is 4.99. The SMILES string of the molecule is Cc1cc(N2CCN(C)CC2)ccc1NC(=O)c1ccc(C)c([N+](=O)[O-])c1. The molecule has 0 atom stereocenters. The summed E-state index contributed by atoms with van der Waals surface area (Å²) in [6.45, 7) is 7.63. The summed E-state index contributed by atoms with van der Waals surface area (Å²) in [4.78, 5) is 27.8. The van der Waals surface area contributed by atoms with Gasteiger partial charge in [0, 0.05) is 54.7 Å². The highest BCUT2D eigenvalue weighted by Crippen LogP contribution is 2.25. The normalized spacial score (nSPS) is 14.9. The van der Waals surface area contributed by atoms with Gasteiger partial charge in [-0.05, 0) is 50.7 Å². The molecule has 2 aromatic carbocycles. The molecule has 7 nitrogen and oxygen atoms in total. The molecule has 1 saturated heterocycles. The summed E-state index contributed by atoms with van der Waals surface area (Å²) in [6, 6.07) is 10.5. The van der Waals surface area contributed by atoms with E-state index in [1.807, 2.05) is 19.1 Å². The minimum atomic E-state index is -0.470. The smallest absolute Gasteiger partial charge is 0.273 e. The van der Waals surface area contributed by atoms with Crippen LogP contribution >= 0.6 is 0 Å². The van der Waals surface area contributed by atoms with Gasteiger partial charge in [0.1, 0.15) is 0 Å². The fraction of sp³-hybridized carbons (Fsp3) is 0.350. The number of amides is 1. The van der Waals surface area contributed by atoms with Crippen molar-refractivity contribution in [2.75, 3.05) is 43.4 Å². The van der Waals surface area contributed by atoms with Crippen LogP contribution in [-0.4, -0.2) is 49.0 Å². The Kier molecular flexibility index (Phi) is 5.41. The summed E-state index contributed by atoms with van der Waals surface area (Å²) >= 11 is 0. The van der Waals surface area contributed by atoms with Crippen molar-refractivity contribution in [1.82, 2.24) is 4.90 Å². The summed E-state index contributed by atoms with van der Waals surface area (Å²) < 4.78 is 0. The van der Waals surface area contributed by atoms with Crippen LogP contribution in [0.5, 0.6) is 0 Å². The van der Waals surface area contributed by atoms with Crippen molar-refractivity contribution in [2.45, 2.75) is 13.8 Å². The molecule has 3 rings (SSSR count). The number of benzene rings is 2. The van der Waals surface area contributed by atoms with E-state index in [-0.39, 0.29) is 17.2 Å². The molecule has 1 aliphatic heterocycles. The summed E-state index contributed by atoms with van der Waals surface area (Å²) in [5.41, 5.74) is 3.57. The van der Waals surface area contributed by atoms with E-state index in [0.29, 0.717) is 11.3 Å². The quantitative estimate of drug-likeness (QED) is 0.662. The Bertz CT molecular complexity index is 874. The van der Waals surface area contributed by atoms with Crippen molar-refractivity contribution < 1.29 is 9.72 Å². The summed E-state index contributed by atoms with van der Waals surface area (Å²) in [5.74, 6) is -0.353. The number of likely N-dealkylation sites (N-methyl/N-ethyl adjacent to an activating group) is 1. The molecule has 1 aliphatic rings. The molecule has 0 saturated carbocycles. The number of nitro groups is 1. The Labute approximate surface area is 158 Å². The van der Waals surface area contributed by atoms with Gasteiger partial charge in [-0.3, -0.25) is 14.9 Å². The lowest BCUT2D eigenvalue weighted by Gasteiger charge is -2.34. The Balaban J connectivity index is 1.75. The number of nitrogens with one attached hydrogen (secondary N) is 1. The molecule has 0 radical (unpaired) electrons. The molecule has 1 fully saturated rings. The molecule has 1 amide bonds. The number of carbonyl (C=O) groups excluding carboxylic acids is 1. The summed E-state index contributed by atoms with van der Waals surface area (Å²) in [6.07, 6.45) is 0. The average Bonchev–Trinajstić information content (AvgIpc) is 2.64. The number of anilines is 2. The zero-order chi connectivity index (χ0) is 19.6. The summed E-state index contributed by atoms with van der Waals surface area (Å²) in [7, 11) is 2.12. The predicted molar refractivity (Wildman–Crippen MR) is 107 cm³/mol. The van der Waals surface area contributed by atoms with Crippen molar-refractivity contribution >= 4 is 23.0 Å². The largest absolute Gasteiger partial charge is 0.369 e. The van der Waals surface area contributed by atoms with Crippen LogP contribution in [0.25, 0.3) is 0 Å². The first-order valence-corrected chi connectivity index (χ1v) is 8.95. The maximum Gasteiger partial charge on any atom is 0.273 e. The lowest BCUT2D eigenvalue weighted by Crippen LogP contribution is -2.44. The second-order valence-corrected chi connectivity index (χ2v) is 7.00. The van der Waals surface area contributed by atoms with Gasteiger partial charge in [-0.25, -0.2) is 0 Å². The van der Waals surface area contributed by atoms with Crippen molar-refractivity contribution in [3.05, 3.63) is 63.2 Å². The van der Waals surface area contributed by atoms with Gasteiger partial charge in [-0.15, -0.1) is 0 Å². The van der Waals surface area contributed by atoms with Crippen LogP contribution in [0.15, 0.2) is 36.4 Å². The predicted octanol–water partition coefficient (Wildman–Crippen LogP) is 3.22. The van der Waals surface area contributed by atoms with Crippen molar-refractivity contribution in [2.24, 2.45) is 0 Å². The van der Waals surface area contributed by atoms with Crippen molar-refractivity contribution in [1.29, 1.82) is 0 Å². The van der Waals surface area contributed by atoms with Gasteiger partial charge in [-0.2, -0.15) is 0 Å². The topological polar surface area (TPSA) is 78.7 Å². The molecular formula is C20H24N4O3.